The SMILES string of the molecule is Nc1nc(NCCc2ccc(/C=C/C3CCCCC3)cc2)nc2c1ncn2[C@@H]1O[C@H](CO)[C@@H](O)[C@H]1O. The van der Waals surface area contributed by atoms with Crippen LogP contribution in [0.3, 0.4) is 0 Å². The van der Waals surface area contributed by atoms with Crippen molar-refractivity contribution < 1.29 is 20.1 Å². The number of fused-ring (bicyclic) bond motifs is 1. The summed E-state index contributed by atoms with van der Waals surface area (Å²) in [5.74, 6) is 1.25. The molecule has 1 aromatic carbocycles. The van der Waals surface area contributed by atoms with E-state index < -0.39 is 31.1 Å². The van der Waals surface area contributed by atoms with Crippen LogP contribution in [0, 0.1) is 5.92 Å². The zero-order chi connectivity index (χ0) is 25.1. The van der Waals surface area contributed by atoms with E-state index in [0.29, 0.717) is 29.6 Å². The largest absolute Gasteiger partial charge is 0.394 e. The lowest BCUT2D eigenvalue weighted by Crippen LogP contribution is -2.33. The highest BCUT2D eigenvalue weighted by Gasteiger charge is 2.44. The van der Waals surface area contributed by atoms with Crippen molar-refractivity contribution in [1.82, 2.24) is 19.5 Å². The maximum absolute atomic E-state index is 10.4. The van der Waals surface area contributed by atoms with E-state index in [2.05, 4.69) is 56.7 Å². The molecular formula is C26H34N6O4. The summed E-state index contributed by atoms with van der Waals surface area (Å²) in [5, 5.41) is 33.1. The number of aliphatic hydroxyl groups is 3. The molecule has 10 nitrogen and oxygen atoms in total. The normalized spacial score (nSPS) is 25.2. The number of nitrogens with one attached hydrogen (secondary N) is 1. The van der Waals surface area contributed by atoms with Crippen LogP contribution in [0.5, 0.6) is 0 Å². The zero-order valence-electron chi connectivity index (χ0n) is 20.2. The fraction of sp³-hybridized carbons (Fsp3) is 0.500. The first-order valence-corrected chi connectivity index (χ1v) is 12.7. The second kappa shape index (κ2) is 10.9. The van der Waals surface area contributed by atoms with Gasteiger partial charge in [-0.2, -0.15) is 9.97 Å². The van der Waals surface area contributed by atoms with Gasteiger partial charge in [-0.15, -0.1) is 0 Å². The summed E-state index contributed by atoms with van der Waals surface area (Å²) < 4.78 is 7.12. The number of ether oxygens (including phenoxy) is 1. The Morgan fingerprint density at radius 3 is 2.58 bits per heavy atom. The van der Waals surface area contributed by atoms with E-state index in [1.54, 1.807) is 0 Å². The van der Waals surface area contributed by atoms with Crippen LogP contribution < -0.4 is 11.1 Å². The zero-order valence-corrected chi connectivity index (χ0v) is 20.2. The van der Waals surface area contributed by atoms with Gasteiger partial charge in [0, 0.05) is 6.54 Å². The number of aliphatic hydroxyl groups excluding tert-OH is 3. The first-order chi connectivity index (χ1) is 17.5. The Bertz CT molecular complexity index is 1190. The third-order valence-electron chi connectivity index (χ3n) is 7.13. The van der Waals surface area contributed by atoms with E-state index in [-0.39, 0.29) is 5.82 Å². The van der Waals surface area contributed by atoms with Crippen LogP contribution in [-0.4, -0.2) is 66.3 Å². The number of hydrogen-bond donors (Lipinski definition) is 5. The van der Waals surface area contributed by atoms with E-state index in [1.807, 2.05) is 0 Å². The molecule has 2 aliphatic rings. The number of imidazole rings is 1. The monoisotopic (exact) mass is 494 g/mol. The van der Waals surface area contributed by atoms with Gasteiger partial charge in [-0.25, -0.2) is 4.98 Å². The molecule has 1 saturated carbocycles. The maximum Gasteiger partial charge on any atom is 0.226 e. The molecule has 0 unspecified atom stereocenters. The van der Waals surface area contributed by atoms with Crippen LogP contribution in [-0.2, 0) is 11.2 Å². The molecule has 1 aliphatic carbocycles. The fourth-order valence-corrected chi connectivity index (χ4v) is 5.00. The highest BCUT2D eigenvalue weighted by Crippen LogP contribution is 2.32. The number of nitrogens with two attached hydrogens (primary N) is 1. The topological polar surface area (TPSA) is 152 Å². The van der Waals surface area contributed by atoms with E-state index in [0.717, 1.165) is 6.42 Å². The molecule has 0 bridgehead atoms. The summed E-state index contributed by atoms with van der Waals surface area (Å²) in [6, 6.07) is 8.57. The number of nitrogens with zero attached hydrogens (tertiary/aromatic N) is 4. The van der Waals surface area contributed by atoms with Gasteiger partial charge >= 0.3 is 0 Å². The number of benzene rings is 1. The lowest BCUT2D eigenvalue weighted by atomic mass is 9.89. The standard InChI is InChI=1S/C26H34N6O4/c27-23-20-24(32(15-29-20)25-22(35)21(34)19(14-33)36-25)31-26(30-23)28-13-12-18-10-8-17(9-11-18)7-6-16-4-2-1-3-5-16/h6-11,15-16,19,21-22,25,33-35H,1-5,12-14H2,(H3,27,28,30,31)/b7-6+/t19-,21-,22-,25-/m1/s1. The molecule has 10 heteroatoms. The minimum Gasteiger partial charge on any atom is -0.394 e. The van der Waals surface area contributed by atoms with Gasteiger partial charge in [0.05, 0.1) is 12.9 Å². The summed E-state index contributed by atoms with van der Waals surface area (Å²) >= 11 is 0. The van der Waals surface area contributed by atoms with Crippen molar-refractivity contribution in [2.24, 2.45) is 5.92 Å². The number of rotatable bonds is 8. The van der Waals surface area contributed by atoms with Crippen LogP contribution >= 0.6 is 0 Å². The van der Waals surface area contributed by atoms with Crippen LogP contribution in [0.4, 0.5) is 11.8 Å². The van der Waals surface area contributed by atoms with Crippen molar-refractivity contribution >= 4 is 29.0 Å². The predicted molar refractivity (Wildman–Crippen MR) is 137 cm³/mol. The number of hydrogen-bond acceptors (Lipinski definition) is 9. The Kier molecular flexibility index (Phi) is 7.47. The molecule has 0 amide bonds. The van der Waals surface area contributed by atoms with E-state index in [4.69, 9.17) is 10.5 Å². The average molecular weight is 495 g/mol. The fourth-order valence-electron chi connectivity index (χ4n) is 5.00. The number of aromatic nitrogens is 4. The second-order valence-corrected chi connectivity index (χ2v) is 9.66. The summed E-state index contributed by atoms with van der Waals surface area (Å²) in [6.07, 6.45) is 9.17. The Labute approximate surface area is 209 Å². The van der Waals surface area contributed by atoms with Gasteiger partial charge in [0.25, 0.3) is 0 Å². The van der Waals surface area contributed by atoms with Crippen LogP contribution in [0.25, 0.3) is 17.2 Å². The molecular weight excluding hydrogens is 460 g/mol. The predicted octanol–water partition coefficient (Wildman–Crippen LogP) is 2.27. The van der Waals surface area contributed by atoms with Gasteiger partial charge in [-0.1, -0.05) is 55.7 Å². The molecule has 192 valence electrons. The molecule has 0 spiro atoms. The molecule has 36 heavy (non-hydrogen) atoms. The quantitative estimate of drug-likeness (QED) is 0.317. The minimum atomic E-state index is -1.24. The van der Waals surface area contributed by atoms with Crippen LogP contribution in [0.2, 0.25) is 0 Å². The van der Waals surface area contributed by atoms with E-state index in [1.165, 1.54) is 54.1 Å². The second-order valence-electron chi connectivity index (χ2n) is 9.66. The Hall–Kier alpha value is -3.05. The maximum atomic E-state index is 10.4. The molecule has 1 aliphatic heterocycles. The Morgan fingerprint density at radius 1 is 1.08 bits per heavy atom. The van der Waals surface area contributed by atoms with Crippen molar-refractivity contribution in [3.63, 3.8) is 0 Å². The minimum absolute atomic E-state index is 0.196. The van der Waals surface area contributed by atoms with Crippen LogP contribution in [0.1, 0.15) is 49.5 Å². The van der Waals surface area contributed by atoms with Gasteiger partial charge in [-0.05, 0) is 36.3 Å². The van der Waals surface area contributed by atoms with Crippen LogP contribution in [0.15, 0.2) is 36.7 Å². The highest BCUT2D eigenvalue weighted by molar-refractivity contribution is 5.83. The van der Waals surface area contributed by atoms with Crippen molar-refractivity contribution in [2.45, 2.75) is 63.1 Å². The molecule has 6 N–H and O–H groups in total. The number of allylic oxidation sites excluding steroid dienone is 1. The third-order valence-corrected chi connectivity index (χ3v) is 7.13. The highest BCUT2D eigenvalue weighted by atomic mass is 16.6. The van der Waals surface area contributed by atoms with E-state index >= 15 is 0 Å². The number of anilines is 2. The average Bonchev–Trinajstić information content (AvgIpc) is 3.45. The van der Waals surface area contributed by atoms with Gasteiger partial charge in [0.15, 0.2) is 17.7 Å². The lowest BCUT2D eigenvalue weighted by Gasteiger charge is -2.17. The molecule has 2 aromatic heterocycles. The van der Waals surface area contributed by atoms with E-state index in [9.17, 15) is 15.3 Å². The molecule has 1 saturated heterocycles. The van der Waals surface area contributed by atoms with Crippen molar-refractivity contribution in [1.29, 1.82) is 0 Å². The van der Waals surface area contributed by atoms with Gasteiger partial charge in [-0.3, -0.25) is 4.57 Å². The summed E-state index contributed by atoms with van der Waals surface area (Å²) in [6.45, 7) is 0.188. The molecule has 0 radical (unpaired) electrons. The van der Waals surface area contributed by atoms with Gasteiger partial charge in [0.2, 0.25) is 5.95 Å². The summed E-state index contributed by atoms with van der Waals surface area (Å²) in [7, 11) is 0. The molecule has 3 aromatic rings. The van der Waals surface area contributed by atoms with Gasteiger partial charge < -0.3 is 31.1 Å². The van der Waals surface area contributed by atoms with Crippen molar-refractivity contribution in [3.05, 3.63) is 47.8 Å². The molecule has 5 rings (SSSR count). The third kappa shape index (κ3) is 5.22. The molecule has 4 atom stereocenters. The van der Waals surface area contributed by atoms with Crippen molar-refractivity contribution in [2.75, 3.05) is 24.2 Å². The molecule has 3 heterocycles. The summed E-state index contributed by atoms with van der Waals surface area (Å²) in [4.78, 5) is 13.1. The van der Waals surface area contributed by atoms with Crippen molar-refractivity contribution in [3.8, 4) is 0 Å². The Balaban J connectivity index is 1.22. The number of nitrogen functional groups attached to an aromatic ring is 1. The Morgan fingerprint density at radius 2 is 1.86 bits per heavy atom. The smallest absolute Gasteiger partial charge is 0.226 e. The first-order valence-electron chi connectivity index (χ1n) is 12.7. The first kappa shape index (κ1) is 24.6. The molecule has 2 fully saturated rings. The lowest BCUT2D eigenvalue weighted by molar-refractivity contribution is -0.0511. The van der Waals surface area contributed by atoms with Gasteiger partial charge in [0.1, 0.15) is 23.8 Å². The summed E-state index contributed by atoms with van der Waals surface area (Å²) in [5.41, 5.74) is 9.26.